The first-order valence-electron chi connectivity index (χ1n) is 9.73. The topological polar surface area (TPSA) is 90.1 Å². The zero-order valence-electron chi connectivity index (χ0n) is 16.4. The van der Waals surface area contributed by atoms with E-state index in [9.17, 15) is 4.79 Å². The van der Waals surface area contributed by atoms with Gasteiger partial charge >= 0.3 is 0 Å². The van der Waals surface area contributed by atoms with Gasteiger partial charge in [0.05, 0.1) is 5.69 Å². The first kappa shape index (κ1) is 18.4. The van der Waals surface area contributed by atoms with Crippen LogP contribution in [0.15, 0.2) is 12.3 Å². The number of rotatable bonds is 4. The molecule has 0 radical (unpaired) electrons. The monoisotopic (exact) mass is 379 g/mol. The first-order chi connectivity index (χ1) is 13.6. The Balaban J connectivity index is 1.60. The normalized spacial score (nSPS) is 16.7. The van der Waals surface area contributed by atoms with E-state index in [4.69, 9.17) is 5.26 Å². The molecule has 1 saturated heterocycles. The Morgan fingerprint density at radius 2 is 2.07 bits per heavy atom. The fraction of sp³-hybridized carbons (Fsp3) is 0.500. The molecule has 4 rings (SSSR count). The average molecular weight is 379 g/mol. The number of fused-ring (bicyclic) bond motifs is 1. The maximum Gasteiger partial charge on any atom is 0.273 e. The Hall–Kier alpha value is -2.92. The molecule has 28 heavy (non-hydrogen) atoms. The molecule has 0 spiro atoms. The lowest BCUT2D eigenvalue weighted by Crippen LogP contribution is -2.35. The number of aromatic nitrogens is 3. The van der Waals surface area contributed by atoms with E-state index >= 15 is 0 Å². The summed E-state index contributed by atoms with van der Waals surface area (Å²) in [5.41, 5.74) is 4.19. The lowest BCUT2D eigenvalue weighted by Gasteiger charge is -2.29. The van der Waals surface area contributed by atoms with Crippen LogP contribution >= 0.6 is 0 Å². The molecule has 0 atom stereocenters. The number of amides is 1. The van der Waals surface area contributed by atoms with Crippen molar-refractivity contribution in [3.8, 4) is 6.07 Å². The van der Waals surface area contributed by atoms with Crippen LogP contribution in [-0.2, 0) is 26.6 Å². The Morgan fingerprint density at radius 1 is 1.29 bits per heavy atom. The maximum absolute atomic E-state index is 13.1. The largest absolute Gasteiger partial charge is 0.357 e. The van der Waals surface area contributed by atoms with E-state index in [1.54, 1.807) is 7.05 Å². The molecule has 8 nitrogen and oxygen atoms in total. The van der Waals surface area contributed by atoms with Gasteiger partial charge in [0.1, 0.15) is 17.5 Å². The number of carbonyl (C=O) groups is 1. The minimum Gasteiger partial charge on any atom is -0.357 e. The van der Waals surface area contributed by atoms with E-state index in [-0.39, 0.29) is 5.91 Å². The van der Waals surface area contributed by atoms with Gasteiger partial charge in [0.25, 0.3) is 5.91 Å². The van der Waals surface area contributed by atoms with Crippen LogP contribution in [0.5, 0.6) is 0 Å². The van der Waals surface area contributed by atoms with Gasteiger partial charge in [-0.3, -0.25) is 9.69 Å². The number of carbonyl (C=O) groups excluding carboxylic acids is 1. The summed E-state index contributed by atoms with van der Waals surface area (Å²) in [7, 11) is 3.66. The summed E-state index contributed by atoms with van der Waals surface area (Å²) < 4.78 is 1.85. The number of nitriles is 1. The second kappa shape index (κ2) is 7.60. The predicted molar refractivity (Wildman–Crippen MR) is 105 cm³/mol. The van der Waals surface area contributed by atoms with Gasteiger partial charge in [0.2, 0.25) is 5.95 Å². The van der Waals surface area contributed by atoms with Crippen LogP contribution in [0.25, 0.3) is 0 Å². The number of hydrogen-bond acceptors (Lipinski definition) is 6. The summed E-state index contributed by atoms with van der Waals surface area (Å²) in [4.78, 5) is 26.4. The molecule has 1 N–H and O–H groups in total. The minimum atomic E-state index is 0.0148. The van der Waals surface area contributed by atoms with Crippen molar-refractivity contribution in [3.05, 3.63) is 40.5 Å². The van der Waals surface area contributed by atoms with Gasteiger partial charge in [-0.15, -0.1) is 0 Å². The van der Waals surface area contributed by atoms with Gasteiger partial charge in [-0.2, -0.15) is 5.26 Å². The zero-order valence-corrected chi connectivity index (χ0v) is 16.4. The molecule has 0 unspecified atom stereocenters. The molecule has 146 valence electrons. The second-order valence-electron chi connectivity index (χ2n) is 7.49. The molecule has 2 aliphatic rings. The first-order valence-corrected chi connectivity index (χ1v) is 9.73. The Morgan fingerprint density at radius 3 is 2.75 bits per heavy atom. The number of nitrogens with zero attached hydrogens (tertiary/aromatic N) is 6. The van der Waals surface area contributed by atoms with Crippen molar-refractivity contribution in [2.75, 3.05) is 32.0 Å². The average Bonchev–Trinajstić information content (AvgIpc) is 3.36. The van der Waals surface area contributed by atoms with E-state index in [1.807, 2.05) is 28.8 Å². The van der Waals surface area contributed by atoms with E-state index in [2.05, 4.69) is 26.3 Å². The van der Waals surface area contributed by atoms with E-state index in [0.29, 0.717) is 23.9 Å². The molecule has 2 aromatic rings. The van der Waals surface area contributed by atoms with Gasteiger partial charge < -0.3 is 14.8 Å². The number of hydrogen-bond donors (Lipinski definition) is 1. The molecule has 1 fully saturated rings. The quantitative estimate of drug-likeness (QED) is 0.866. The summed E-state index contributed by atoms with van der Waals surface area (Å²) in [6, 6.07) is 4.13. The summed E-state index contributed by atoms with van der Waals surface area (Å²) in [5, 5.41) is 12.2. The molecule has 2 aromatic heterocycles. The van der Waals surface area contributed by atoms with Crippen LogP contribution in [0.1, 0.15) is 45.8 Å². The predicted octanol–water partition coefficient (Wildman–Crippen LogP) is 1.52. The van der Waals surface area contributed by atoms with Gasteiger partial charge in [-0.25, -0.2) is 9.97 Å². The van der Waals surface area contributed by atoms with E-state index in [1.165, 1.54) is 0 Å². The summed E-state index contributed by atoms with van der Waals surface area (Å²) >= 11 is 0. The number of nitrogens with one attached hydrogen (secondary N) is 1. The van der Waals surface area contributed by atoms with E-state index < -0.39 is 0 Å². The van der Waals surface area contributed by atoms with E-state index in [0.717, 1.165) is 62.3 Å². The summed E-state index contributed by atoms with van der Waals surface area (Å²) in [6.07, 6.45) is 4.88. The van der Waals surface area contributed by atoms with Crippen molar-refractivity contribution in [1.29, 1.82) is 5.26 Å². The number of likely N-dealkylation sites (tertiary alicyclic amines) is 1. The van der Waals surface area contributed by atoms with Crippen molar-refractivity contribution in [1.82, 2.24) is 24.3 Å². The van der Waals surface area contributed by atoms with Gasteiger partial charge in [0, 0.05) is 65.0 Å². The molecule has 0 bridgehead atoms. The Bertz CT molecular complexity index is 937. The Kier molecular flexibility index (Phi) is 5.01. The zero-order chi connectivity index (χ0) is 19.7. The van der Waals surface area contributed by atoms with Gasteiger partial charge in [-0.05, 0) is 24.5 Å². The smallest absolute Gasteiger partial charge is 0.273 e. The van der Waals surface area contributed by atoms with Crippen molar-refractivity contribution in [2.45, 2.75) is 32.4 Å². The maximum atomic E-state index is 13.1. The molecule has 4 heterocycles. The van der Waals surface area contributed by atoms with Crippen LogP contribution in [0.4, 0.5) is 5.95 Å². The van der Waals surface area contributed by atoms with Gasteiger partial charge in [-0.1, -0.05) is 0 Å². The highest BCUT2D eigenvalue weighted by Gasteiger charge is 2.29. The lowest BCUT2D eigenvalue weighted by atomic mass is 10.0. The lowest BCUT2D eigenvalue weighted by molar-refractivity contribution is 0.0783. The molecule has 0 aromatic carbocycles. The highest BCUT2D eigenvalue weighted by atomic mass is 16.2. The van der Waals surface area contributed by atoms with Crippen LogP contribution in [0, 0.1) is 11.3 Å². The SMILES string of the molecule is CNc1nc2c(c(C(=O)N3CCCC3)n1)CN(Cc1cc(C#N)n(C)c1)CC2. The molecular formula is C20H25N7O. The molecule has 2 aliphatic heterocycles. The van der Waals surface area contributed by atoms with Crippen LogP contribution < -0.4 is 5.32 Å². The number of anilines is 1. The third kappa shape index (κ3) is 3.45. The Labute approximate surface area is 164 Å². The highest BCUT2D eigenvalue weighted by molar-refractivity contribution is 5.94. The van der Waals surface area contributed by atoms with Crippen molar-refractivity contribution < 1.29 is 4.79 Å². The second-order valence-corrected chi connectivity index (χ2v) is 7.49. The molecule has 8 heteroatoms. The molecule has 0 aliphatic carbocycles. The molecular weight excluding hydrogens is 354 g/mol. The van der Waals surface area contributed by atoms with Crippen molar-refractivity contribution in [2.24, 2.45) is 7.05 Å². The fourth-order valence-electron chi connectivity index (χ4n) is 4.05. The summed E-state index contributed by atoms with van der Waals surface area (Å²) in [6.45, 7) is 3.85. The van der Waals surface area contributed by atoms with Crippen LogP contribution in [0.3, 0.4) is 0 Å². The minimum absolute atomic E-state index is 0.0148. The van der Waals surface area contributed by atoms with Crippen LogP contribution in [0.2, 0.25) is 0 Å². The third-order valence-corrected chi connectivity index (χ3v) is 5.54. The standard InChI is InChI=1S/C20H25N7O/c1-22-20-23-17-5-8-26(12-14-9-15(10-21)25(2)11-14)13-16(17)18(24-20)19(28)27-6-3-4-7-27/h9,11H,3-8,12-13H2,1-2H3,(H,22,23,24). The fourth-order valence-corrected chi connectivity index (χ4v) is 4.05. The van der Waals surface area contributed by atoms with Crippen molar-refractivity contribution >= 4 is 11.9 Å². The third-order valence-electron chi connectivity index (χ3n) is 5.54. The van der Waals surface area contributed by atoms with Crippen molar-refractivity contribution in [3.63, 3.8) is 0 Å². The van der Waals surface area contributed by atoms with Crippen LogP contribution in [-0.4, -0.2) is 56.9 Å². The van der Waals surface area contributed by atoms with Gasteiger partial charge in [0.15, 0.2) is 0 Å². The molecule has 1 amide bonds. The number of aryl methyl sites for hydroxylation is 1. The molecule has 0 saturated carbocycles. The summed E-state index contributed by atoms with van der Waals surface area (Å²) in [5.74, 6) is 0.525. The highest BCUT2D eigenvalue weighted by Crippen LogP contribution is 2.25.